The monoisotopic (exact) mass is 412 g/mol. The van der Waals surface area contributed by atoms with Gasteiger partial charge in [0.15, 0.2) is 0 Å². The predicted octanol–water partition coefficient (Wildman–Crippen LogP) is 4.00. The molecular formula is C18H17BrN6O. The summed E-state index contributed by atoms with van der Waals surface area (Å²) in [7, 11) is 0. The largest absolute Gasteiger partial charge is 0.411 e. The molecule has 26 heavy (non-hydrogen) atoms. The quantitative estimate of drug-likeness (QED) is 0.376. The van der Waals surface area contributed by atoms with Crippen LogP contribution in [0.25, 0.3) is 5.69 Å². The first kappa shape index (κ1) is 17.8. The molecular weight excluding hydrogens is 396 g/mol. The Hall–Kier alpha value is -3.00. The average molecular weight is 413 g/mol. The fraction of sp³-hybridized carbons (Fsp3) is 0.111. The van der Waals surface area contributed by atoms with Crippen molar-refractivity contribution in [2.75, 3.05) is 5.43 Å². The highest BCUT2D eigenvalue weighted by molar-refractivity contribution is 9.10. The second-order valence-corrected chi connectivity index (χ2v) is 6.35. The van der Waals surface area contributed by atoms with Crippen molar-refractivity contribution in [2.45, 2.75) is 13.8 Å². The van der Waals surface area contributed by atoms with Gasteiger partial charge in [0, 0.05) is 4.47 Å². The highest BCUT2D eigenvalue weighted by Crippen LogP contribution is 2.21. The summed E-state index contributed by atoms with van der Waals surface area (Å²) in [5.41, 5.74) is 6.52. The van der Waals surface area contributed by atoms with Crippen LogP contribution in [0.1, 0.15) is 18.3 Å². The van der Waals surface area contributed by atoms with Crippen LogP contribution >= 0.6 is 15.9 Å². The van der Waals surface area contributed by atoms with Crippen molar-refractivity contribution < 1.29 is 5.21 Å². The zero-order valence-corrected chi connectivity index (χ0v) is 15.8. The standard InChI is InChI=1S/C18H17BrN6O/c1-12-18(23-25(22-12)14-8-4-3-5-9-14)17(13(2)24-26)21-20-16-11-7-6-10-15(16)19/h3-11,20,26H,1-2H3/b21-17+,24-13+. The molecule has 3 rings (SSSR count). The molecule has 1 aromatic heterocycles. The molecule has 1 heterocycles. The number of aromatic nitrogens is 3. The Labute approximate surface area is 159 Å². The molecule has 0 bridgehead atoms. The molecule has 0 amide bonds. The number of para-hydroxylation sites is 2. The van der Waals surface area contributed by atoms with Gasteiger partial charge in [-0.3, -0.25) is 5.43 Å². The molecule has 132 valence electrons. The molecule has 3 aromatic rings. The van der Waals surface area contributed by atoms with Crippen LogP contribution < -0.4 is 5.43 Å². The normalized spacial score (nSPS) is 12.3. The van der Waals surface area contributed by atoms with Crippen LogP contribution in [0, 0.1) is 6.92 Å². The van der Waals surface area contributed by atoms with E-state index < -0.39 is 0 Å². The van der Waals surface area contributed by atoms with Gasteiger partial charge in [0.05, 0.1) is 17.1 Å². The van der Waals surface area contributed by atoms with Crippen molar-refractivity contribution in [1.29, 1.82) is 0 Å². The maximum absolute atomic E-state index is 9.25. The number of hydrogen-bond acceptors (Lipinski definition) is 6. The van der Waals surface area contributed by atoms with E-state index in [0.29, 0.717) is 22.8 Å². The van der Waals surface area contributed by atoms with E-state index in [4.69, 9.17) is 0 Å². The van der Waals surface area contributed by atoms with Crippen LogP contribution in [0.4, 0.5) is 5.69 Å². The van der Waals surface area contributed by atoms with Gasteiger partial charge in [-0.05, 0) is 54.0 Å². The lowest BCUT2D eigenvalue weighted by Crippen LogP contribution is -2.16. The summed E-state index contributed by atoms with van der Waals surface area (Å²) in [6.07, 6.45) is 0. The molecule has 7 nitrogen and oxygen atoms in total. The summed E-state index contributed by atoms with van der Waals surface area (Å²) in [4.78, 5) is 1.53. The molecule has 0 aliphatic heterocycles. The Kier molecular flexibility index (Phi) is 5.43. The highest BCUT2D eigenvalue weighted by atomic mass is 79.9. The molecule has 0 aliphatic rings. The zero-order chi connectivity index (χ0) is 18.5. The van der Waals surface area contributed by atoms with E-state index in [0.717, 1.165) is 15.8 Å². The van der Waals surface area contributed by atoms with Crippen LogP contribution in [0.2, 0.25) is 0 Å². The van der Waals surface area contributed by atoms with Crippen molar-refractivity contribution in [3.8, 4) is 5.69 Å². The summed E-state index contributed by atoms with van der Waals surface area (Å²) in [5.74, 6) is 0. The van der Waals surface area contributed by atoms with E-state index in [1.165, 1.54) is 4.80 Å². The number of nitrogens with one attached hydrogen (secondary N) is 1. The minimum atomic E-state index is 0.327. The first-order valence-corrected chi connectivity index (χ1v) is 8.66. The maximum atomic E-state index is 9.25. The molecule has 0 unspecified atom stereocenters. The Morgan fingerprint density at radius 2 is 1.77 bits per heavy atom. The number of oxime groups is 1. The highest BCUT2D eigenvalue weighted by Gasteiger charge is 2.18. The van der Waals surface area contributed by atoms with Gasteiger partial charge in [0.1, 0.15) is 17.1 Å². The number of anilines is 1. The van der Waals surface area contributed by atoms with Crippen molar-refractivity contribution in [3.63, 3.8) is 0 Å². The molecule has 0 radical (unpaired) electrons. The Morgan fingerprint density at radius 1 is 1.08 bits per heavy atom. The van der Waals surface area contributed by atoms with Crippen LogP contribution in [0.15, 0.2) is 69.3 Å². The lowest BCUT2D eigenvalue weighted by molar-refractivity contribution is 0.320. The third kappa shape index (κ3) is 3.80. The Bertz CT molecular complexity index is 965. The molecule has 0 aliphatic carbocycles. The van der Waals surface area contributed by atoms with Gasteiger partial charge < -0.3 is 5.21 Å². The van der Waals surface area contributed by atoms with E-state index in [2.05, 4.69) is 41.8 Å². The first-order chi connectivity index (χ1) is 12.6. The Morgan fingerprint density at radius 3 is 2.46 bits per heavy atom. The zero-order valence-electron chi connectivity index (χ0n) is 14.3. The second kappa shape index (κ2) is 7.92. The molecule has 0 saturated heterocycles. The van der Waals surface area contributed by atoms with Gasteiger partial charge in [-0.15, -0.1) is 5.10 Å². The van der Waals surface area contributed by atoms with Crippen molar-refractivity contribution >= 4 is 33.0 Å². The summed E-state index contributed by atoms with van der Waals surface area (Å²) in [5, 5.41) is 25.9. The van der Waals surface area contributed by atoms with Gasteiger partial charge in [0.25, 0.3) is 0 Å². The van der Waals surface area contributed by atoms with E-state index in [1.54, 1.807) is 6.92 Å². The molecule has 0 atom stereocenters. The van der Waals surface area contributed by atoms with Crippen molar-refractivity contribution in [2.24, 2.45) is 10.3 Å². The summed E-state index contributed by atoms with van der Waals surface area (Å²) >= 11 is 3.46. The summed E-state index contributed by atoms with van der Waals surface area (Å²) in [6.45, 7) is 3.49. The molecule has 0 fully saturated rings. The molecule has 0 saturated carbocycles. The molecule has 8 heteroatoms. The molecule has 0 spiro atoms. The van der Waals surface area contributed by atoms with Gasteiger partial charge in [-0.1, -0.05) is 35.5 Å². The van der Waals surface area contributed by atoms with E-state index >= 15 is 0 Å². The Balaban J connectivity index is 2.00. The number of aryl methyl sites for hydroxylation is 1. The van der Waals surface area contributed by atoms with Crippen LogP contribution in [0.3, 0.4) is 0 Å². The number of benzene rings is 2. The number of hydrazone groups is 1. The smallest absolute Gasteiger partial charge is 0.138 e. The minimum Gasteiger partial charge on any atom is -0.411 e. The van der Waals surface area contributed by atoms with E-state index in [1.807, 2.05) is 61.5 Å². The first-order valence-electron chi connectivity index (χ1n) is 7.87. The fourth-order valence-electron chi connectivity index (χ4n) is 2.29. The number of halogens is 1. The maximum Gasteiger partial charge on any atom is 0.138 e. The third-order valence-corrected chi connectivity index (χ3v) is 4.34. The van der Waals surface area contributed by atoms with Crippen LogP contribution in [0.5, 0.6) is 0 Å². The average Bonchev–Trinajstić information content (AvgIpc) is 3.05. The number of hydrogen-bond donors (Lipinski definition) is 2. The second-order valence-electron chi connectivity index (χ2n) is 5.50. The summed E-state index contributed by atoms with van der Waals surface area (Å²) < 4.78 is 0.867. The topological polar surface area (TPSA) is 87.7 Å². The number of rotatable bonds is 5. The lowest BCUT2D eigenvalue weighted by atomic mass is 10.1. The molecule has 2 N–H and O–H groups in total. The van der Waals surface area contributed by atoms with Gasteiger partial charge in [0.2, 0.25) is 0 Å². The predicted molar refractivity (Wildman–Crippen MR) is 105 cm³/mol. The van der Waals surface area contributed by atoms with Crippen molar-refractivity contribution in [3.05, 3.63) is 70.5 Å². The minimum absolute atomic E-state index is 0.327. The van der Waals surface area contributed by atoms with Crippen LogP contribution in [-0.4, -0.2) is 31.6 Å². The van der Waals surface area contributed by atoms with Crippen molar-refractivity contribution in [1.82, 2.24) is 15.0 Å². The third-order valence-electron chi connectivity index (χ3n) is 3.65. The van der Waals surface area contributed by atoms with E-state index in [-0.39, 0.29) is 0 Å². The molecule has 2 aromatic carbocycles. The van der Waals surface area contributed by atoms with Gasteiger partial charge in [-0.25, -0.2) is 0 Å². The number of nitrogens with zero attached hydrogens (tertiary/aromatic N) is 5. The summed E-state index contributed by atoms with van der Waals surface area (Å²) in [6, 6.07) is 17.2. The van der Waals surface area contributed by atoms with Gasteiger partial charge >= 0.3 is 0 Å². The van der Waals surface area contributed by atoms with Crippen LogP contribution in [-0.2, 0) is 0 Å². The van der Waals surface area contributed by atoms with Gasteiger partial charge in [-0.2, -0.15) is 15.0 Å². The fourth-order valence-corrected chi connectivity index (χ4v) is 2.67. The SMILES string of the molecule is CC(=N\O)/C(=N\Nc1ccccc1Br)c1nn(-c2ccccc2)nc1C. The lowest BCUT2D eigenvalue weighted by Gasteiger charge is -2.06. The van der Waals surface area contributed by atoms with E-state index in [9.17, 15) is 5.21 Å².